The van der Waals surface area contributed by atoms with Crippen molar-refractivity contribution in [2.24, 2.45) is 4.99 Å². The van der Waals surface area contributed by atoms with Gasteiger partial charge in [-0.1, -0.05) is 6.92 Å². The fraction of sp³-hybridized carbons (Fsp3) is 0.889. The van der Waals surface area contributed by atoms with Crippen LogP contribution < -0.4 is 16.0 Å². The highest BCUT2D eigenvalue weighted by Gasteiger charge is 2.22. The number of nitrogens with one attached hydrogen (secondary N) is 3. The number of hydrogen-bond donors (Lipinski definition) is 3. The van der Waals surface area contributed by atoms with Gasteiger partial charge in [-0.25, -0.2) is 0 Å². The van der Waals surface area contributed by atoms with Crippen LogP contribution in [0, 0.1) is 0 Å². The molecule has 1 saturated heterocycles. The molecule has 1 aliphatic heterocycles. The first-order valence-electron chi connectivity index (χ1n) is 9.77. The van der Waals surface area contributed by atoms with Gasteiger partial charge in [-0.05, 0) is 52.0 Å². The van der Waals surface area contributed by atoms with Crippen LogP contribution >= 0.6 is 24.0 Å². The molecule has 0 bridgehead atoms. The lowest BCUT2D eigenvalue weighted by Crippen LogP contribution is -2.48. The number of piperidine rings is 1. The fourth-order valence-electron chi connectivity index (χ4n) is 3.09. The van der Waals surface area contributed by atoms with E-state index in [-0.39, 0.29) is 29.9 Å². The molecular formula is C18H36IN5O. The molecule has 0 spiro atoms. The first kappa shape index (κ1) is 22.5. The average molecular weight is 465 g/mol. The second kappa shape index (κ2) is 12.7. The van der Waals surface area contributed by atoms with Crippen molar-refractivity contribution in [3.63, 3.8) is 0 Å². The molecule has 0 unspecified atom stereocenters. The molecule has 1 saturated carbocycles. The molecule has 2 fully saturated rings. The van der Waals surface area contributed by atoms with Crippen LogP contribution in [0.1, 0.15) is 58.8 Å². The molecule has 1 amide bonds. The minimum Gasteiger partial charge on any atom is -0.357 e. The predicted octanol–water partition coefficient (Wildman–Crippen LogP) is 2.09. The third kappa shape index (κ3) is 9.63. The summed E-state index contributed by atoms with van der Waals surface area (Å²) in [7, 11) is 0. The number of amides is 1. The Morgan fingerprint density at radius 2 is 1.76 bits per heavy atom. The Morgan fingerprint density at radius 1 is 1.08 bits per heavy atom. The SMILES string of the molecule is CCCN1CCC(NC(=NCCCC(=O)NC2CC2)NCC)CC1.I. The quantitative estimate of drug-likeness (QED) is 0.211. The van der Waals surface area contributed by atoms with Crippen molar-refractivity contribution in [2.75, 3.05) is 32.7 Å². The Balaban J connectivity index is 0.00000312. The molecule has 2 rings (SSSR count). The van der Waals surface area contributed by atoms with Crippen LogP contribution in [-0.2, 0) is 4.79 Å². The van der Waals surface area contributed by atoms with E-state index in [2.05, 4.69) is 39.7 Å². The van der Waals surface area contributed by atoms with E-state index >= 15 is 0 Å². The molecule has 0 radical (unpaired) electrons. The van der Waals surface area contributed by atoms with E-state index in [1.165, 1.54) is 38.9 Å². The molecule has 1 heterocycles. The van der Waals surface area contributed by atoms with Crippen LogP contribution in [0.2, 0.25) is 0 Å². The van der Waals surface area contributed by atoms with Crippen molar-refractivity contribution < 1.29 is 4.79 Å². The van der Waals surface area contributed by atoms with E-state index in [4.69, 9.17) is 0 Å². The molecule has 0 atom stereocenters. The van der Waals surface area contributed by atoms with Gasteiger partial charge >= 0.3 is 0 Å². The molecule has 25 heavy (non-hydrogen) atoms. The number of hydrogen-bond acceptors (Lipinski definition) is 3. The highest BCUT2D eigenvalue weighted by atomic mass is 127. The van der Waals surface area contributed by atoms with Crippen LogP contribution in [0.15, 0.2) is 4.99 Å². The van der Waals surface area contributed by atoms with Crippen molar-refractivity contribution >= 4 is 35.8 Å². The van der Waals surface area contributed by atoms with Crippen molar-refractivity contribution in [2.45, 2.75) is 70.9 Å². The molecule has 0 aromatic carbocycles. The number of nitrogens with zero attached hydrogens (tertiary/aromatic N) is 2. The molecule has 3 N–H and O–H groups in total. The minimum atomic E-state index is 0. The van der Waals surface area contributed by atoms with E-state index in [1.54, 1.807) is 0 Å². The summed E-state index contributed by atoms with van der Waals surface area (Å²) in [6, 6.07) is 0.965. The Hall–Kier alpha value is -0.570. The fourth-order valence-corrected chi connectivity index (χ4v) is 3.09. The van der Waals surface area contributed by atoms with Gasteiger partial charge in [0.25, 0.3) is 0 Å². The third-order valence-corrected chi connectivity index (χ3v) is 4.59. The van der Waals surface area contributed by atoms with Crippen molar-refractivity contribution in [1.29, 1.82) is 0 Å². The highest BCUT2D eigenvalue weighted by molar-refractivity contribution is 14.0. The van der Waals surface area contributed by atoms with Crippen molar-refractivity contribution in [1.82, 2.24) is 20.9 Å². The molecule has 2 aliphatic rings. The van der Waals surface area contributed by atoms with E-state index in [9.17, 15) is 4.79 Å². The van der Waals surface area contributed by atoms with Gasteiger partial charge in [0.05, 0.1) is 0 Å². The first-order valence-corrected chi connectivity index (χ1v) is 9.77. The molecule has 0 aromatic heterocycles. The Kier molecular flexibility index (Phi) is 11.4. The Labute approximate surface area is 170 Å². The summed E-state index contributed by atoms with van der Waals surface area (Å²) in [5.74, 6) is 1.07. The van der Waals surface area contributed by atoms with Gasteiger partial charge in [0.15, 0.2) is 5.96 Å². The summed E-state index contributed by atoms with van der Waals surface area (Å²) in [6.07, 6.45) is 7.27. The van der Waals surface area contributed by atoms with Gasteiger partial charge in [0.2, 0.25) is 5.91 Å². The molecule has 0 aromatic rings. The molecule has 6 nitrogen and oxygen atoms in total. The number of carbonyl (C=O) groups excluding carboxylic acids is 1. The normalized spacial score (nSPS) is 19.2. The minimum absolute atomic E-state index is 0. The predicted molar refractivity (Wildman–Crippen MR) is 115 cm³/mol. The monoisotopic (exact) mass is 465 g/mol. The zero-order valence-electron chi connectivity index (χ0n) is 15.9. The highest BCUT2D eigenvalue weighted by Crippen LogP contribution is 2.18. The van der Waals surface area contributed by atoms with Gasteiger partial charge in [-0.15, -0.1) is 24.0 Å². The summed E-state index contributed by atoms with van der Waals surface area (Å²) < 4.78 is 0. The number of aliphatic imine (C=N–C) groups is 1. The van der Waals surface area contributed by atoms with E-state index in [0.717, 1.165) is 31.8 Å². The van der Waals surface area contributed by atoms with Gasteiger partial charge in [0.1, 0.15) is 0 Å². The molecule has 146 valence electrons. The maximum atomic E-state index is 11.7. The number of guanidine groups is 1. The first-order chi connectivity index (χ1) is 11.7. The van der Waals surface area contributed by atoms with E-state index < -0.39 is 0 Å². The maximum absolute atomic E-state index is 11.7. The second-order valence-electron chi connectivity index (χ2n) is 6.97. The number of likely N-dealkylation sites (tertiary alicyclic amines) is 1. The van der Waals surface area contributed by atoms with Crippen LogP contribution in [0.4, 0.5) is 0 Å². The van der Waals surface area contributed by atoms with Crippen molar-refractivity contribution in [3.05, 3.63) is 0 Å². The lowest BCUT2D eigenvalue weighted by atomic mass is 10.1. The van der Waals surface area contributed by atoms with Crippen LogP contribution in [0.25, 0.3) is 0 Å². The van der Waals surface area contributed by atoms with E-state index in [1.807, 2.05) is 0 Å². The zero-order chi connectivity index (χ0) is 17.2. The van der Waals surface area contributed by atoms with Crippen molar-refractivity contribution in [3.8, 4) is 0 Å². The van der Waals surface area contributed by atoms with Gasteiger partial charge < -0.3 is 20.9 Å². The lowest BCUT2D eigenvalue weighted by Gasteiger charge is -2.32. The van der Waals surface area contributed by atoms with Gasteiger partial charge in [-0.3, -0.25) is 9.79 Å². The number of halogens is 1. The lowest BCUT2D eigenvalue weighted by molar-refractivity contribution is -0.121. The Bertz CT molecular complexity index is 406. The molecular weight excluding hydrogens is 429 g/mol. The van der Waals surface area contributed by atoms with Gasteiger partial charge in [-0.2, -0.15) is 0 Å². The zero-order valence-corrected chi connectivity index (χ0v) is 18.2. The Morgan fingerprint density at radius 3 is 2.36 bits per heavy atom. The summed E-state index contributed by atoms with van der Waals surface area (Å²) in [5.41, 5.74) is 0. The summed E-state index contributed by atoms with van der Waals surface area (Å²) in [5, 5.41) is 9.91. The summed E-state index contributed by atoms with van der Waals surface area (Å²) in [6.45, 7) is 9.45. The number of rotatable bonds is 9. The standard InChI is InChI=1S/C18H35N5O.HI/c1-3-12-23-13-9-16(10-14-23)22-18(19-4-2)20-11-5-6-17(24)21-15-7-8-15;/h15-16H,3-14H2,1-2H3,(H,21,24)(H2,19,20,22);1H. The van der Waals surface area contributed by atoms with Crippen LogP contribution in [-0.4, -0.2) is 61.6 Å². The third-order valence-electron chi connectivity index (χ3n) is 4.59. The average Bonchev–Trinajstić information content (AvgIpc) is 3.37. The van der Waals surface area contributed by atoms with Crippen LogP contribution in [0.5, 0.6) is 0 Å². The molecule has 1 aliphatic carbocycles. The smallest absolute Gasteiger partial charge is 0.220 e. The molecule has 7 heteroatoms. The maximum Gasteiger partial charge on any atom is 0.220 e. The second-order valence-corrected chi connectivity index (χ2v) is 6.97. The summed E-state index contributed by atoms with van der Waals surface area (Å²) in [4.78, 5) is 18.8. The van der Waals surface area contributed by atoms with Gasteiger partial charge in [0, 0.05) is 44.7 Å². The summed E-state index contributed by atoms with van der Waals surface area (Å²) >= 11 is 0. The van der Waals surface area contributed by atoms with Crippen LogP contribution in [0.3, 0.4) is 0 Å². The number of carbonyl (C=O) groups is 1. The topological polar surface area (TPSA) is 68.8 Å². The largest absolute Gasteiger partial charge is 0.357 e. The van der Waals surface area contributed by atoms with E-state index in [0.29, 0.717) is 25.0 Å².